The molecule has 4 heteroatoms. The van der Waals surface area contributed by atoms with E-state index in [0.29, 0.717) is 12.2 Å². The molecule has 2 heterocycles. The molecule has 0 bridgehead atoms. The van der Waals surface area contributed by atoms with Crippen LogP contribution in [0.15, 0.2) is 0 Å². The van der Waals surface area contributed by atoms with Gasteiger partial charge in [-0.15, -0.1) is 0 Å². The van der Waals surface area contributed by atoms with Gasteiger partial charge < -0.3 is 14.8 Å². The average molecular weight is 267 g/mol. The third-order valence-electron chi connectivity index (χ3n) is 4.90. The lowest BCUT2D eigenvalue weighted by Crippen LogP contribution is -2.43. The van der Waals surface area contributed by atoms with E-state index >= 15 is 0 Å². The van der Waals surface area contributed by atoms with E-state index < -0.39 is 0 Å². The first-order valence-electron chi connectivity index (χ1n) is 7.76. The predicted molar refractivity (Wildman–Crippen MR) is 72.1 cm³/mol. The zero-order chi connectivity index (χ0) is 13.1. The molecule has 0 aromatic heterocycles. The average Bonchev–Trinajstić information content (AvgIpc) is 2.88. The maximum Gasteiger partial charge on any atom is 0.138 e. The molecule has 108 valence electrons. The molecular formula is C15H25NO3. The minimum atomic E-state index is 0.0459. The normalized spacial score (nSPS) is 34.5. The molecule has 0 aromatic carbocycles. The number of Topliss-reactive ketones (excluding diaryl/α,β-unsaturated/α-hetero) is 1. The Morgan fingerprint density at radius 1 is 1.26 bits per heavy atom. The molecule has 3 fully saturated rings. The lowest BCUT2D eigenvalue weighted by Gasteiger charge is -2.38. The van der Waals surface area contributed by atoms with Crippen molar-refractivity contribution >= 4 is 5.78 Å². The molecule has 3 aliphatic rings. The van der Waals surface area contributed by atoms with Crippen LogP contribution in [0.25, 0.3) is 0 Å². The van der Waals surface area contributed by atoms with Crippen LogP contribution < -0.4 is 5.32 Å². The Balaban J connectivity index is 1.54. The van der Waals surface area contributed by atoms with Crippen molar-refractivity contribution < 1.29 is 14.3 Å². The quantitative estimate of drug-likeness (QED) is 0.845. The SMILES string of the molecule is O=C(CC1CNCCO1)C1CCOC2(CCCC2)C1. The molecule has 0 radical (unpaired) electrons. The Morgan fingerprint density at radius 2 is 2.11 bits per heavy atom. The number of ether oxygens (including phenoxy) is 2. The first-order chi connectivity index (χ1) is 9.27. The van der Waals surface area contributed by atoms with Gasteiger partial charge in [0.25, 0.3) is 0 Å². The maximum absolute atomic E-state index is 12.4. The molecule has 19 heavy (non-hydrogen) atoms. The molecule has 1 aliphatic carbocycles. The summed E-state index contributed by atoms with van der Waals surface area (Å²) in [5, 5.41) is 3.29. The van der Waals surface area contributed by atoms with Gasteiger partial charge in [-0.2, -0.15) is 0 Å². The Morgan fingerprint density at radius 3 is 2.84 bits per heavy atom. The highest BCUT2D eigenvalue weighted by Crippen LogP contribution is 2.42. The molecule has 0 aromatic rings. The van der Waals surface area contributed by atoms with Crippen molar-refractivity contribution in [3.63, 3.8) is 0 Å². The molecule has 2 aliphatic heterocycles. The van der Waals surface area contributed by atoms with E-state index in [1.165, 1.54) is 12.8 Å². The standard InChI is InChI=1S/C15H25NO3/c17-14(9-13-11-16-6-8-18-13)12-3-7-19-15(10-12)4-1-2-5-15/h12-13,16H,1-11H2. The first kappa shape index (κ1) is 13.5. The molecule has 1 N–H and O–H groups in total. The van der Waals surface area contributed by atoms with Gasteiger partial charge >= 0.3 is 0 Å². The highest BCUT2D eigenvalue weighted by atomic mass is 16.5. The van der Waals surface area contributed by atoms with Crippen molar-refractivity contribution in [2.75, 3.05) is 26.3 Å². The number of nitrogens with one attached hydrogen (secondary N) is 1. The Hall–Kier alpha value is -0.450. The monoisotopic (exact) mass is 267 g/mol. The molecule has 2 unspecified atom stereocenters. The summed E-state index contributed by atoms with van der Waals surface area (Å²) in [5.74, 6) is 0.598. The van der Waals surface area contributed by atoms with Crippen LogP contribution in [0.3, 0.4) is 0 Å². The summed E-state index contributed by atoms with van der Waals surface area (Å²) in [6.07, 6.45) is 7.34. The zero-order valence-electron chi connectivity index (χ0n) is 11.7. The van der Waals surface area contributed by atoms with Crippen LogP contribution in [-0.4, -0.2) is 43.8 Å². The molecule has 1 spiro atoms. The second kappa shape index (κ2) is 5.90. The van der Waals surface area contributed by atoms with Gasteiger partial charge in [-0.25, -0.2) is 0 Å². The minimum Gasteiger partial charge on any atom is -0.375 e. The molecule has 2 atom stereocenters. The highest BCUT2D eigenvalue weighted by molar-refractivity contribution is 5.81. The predicted octanol–water partition coefficient (Wildman–Crippen LogP) is 1.67. The topological polar surface area (TPSA) is 47.6 Å². The number of hydrogen-bond donors (Lipinski definition) is 1. The van der Waals surface area contributed by atoms with Gasteiger partial charge in [-0.3, -0.25) is 4.79 Å². The van der Waals surface area contributed by atoms with Crippen LogP contribution in [0.1, 0.15) is 44.9 Å². The van der Waals surface area contributed by atoms with Crippen molar-refractivity contribution in [2.45, 2.75) is 56.7 Å². The maximum atomic E-state index is 12.4. The number of hydrogen-bond acceptors (Lipinski definition) is 4. The molecule has 2 saturated heterocycles. The molecular weight excluding hydrogens is 242 g/mol. The van der Waals surface area contributed by atoms with Crippen LogP contribution in [0.2, 0.25) is 0 Å². The fourth-order valence-corrected chi connectivity index (χ4v) is 3.81. The van der Waals surface area contributed by atoms with Gasteiger partial charge in [0.15, 0.2) is 0 Å². The second-order valence-corrected chi connectivity index (χ2v) is 6.30. The summed E-state index contributed by atoms with van der Waals surface area (Å²) in [7, 11) is 0. The van der Waals surface area contributed by atoms with Gasteiger partial charge in [-0.05, 0) is 25.7 Å². The number of carbonyl (C=O) groups is 1. The molecule has 3 rings (SSSR count). The van der Waals surface area contributed by atoms with Crippen molar-refractivity contribution in [3.8, 4) is 0 Å². The molecule has 0 amide bonds. The van der Waals surface area contributed by atoms with Crippen LogP contribution in [0.4, 0.5) is 0 Å². The van der Waals surface area contributed by atoms with Gasteiger partial charge in [0, 0.05) is 32.0 Å². The highest BCUT2D eigenvalue weighted by Gasteiger charge is 2.42. The van der Waals surface area contributed by atoms with Gasteiger partial charge in [0.2, 0.25) is 0 Å². The number of morpholine rings is 1. The summed E-state index contributed by atoms with van der Waals surface area (Å²) < 4.78 is 11.6. The summed E-state index contributed by atoms with van der Waals surface area (Å²) in [4.78, 5) is 12.4. The Bertz CT molecular complexity index is 319. The van der Waals surface area contributed by atoms with E-state index in [1.54, 1.807) is 0 Å². The Kier molecular flexibility index (Phi) is 4.20. The van der Waals surface area contributed by atoms with Gasteiger partial charge in [-0.1, -0.05) is 12.8 Å². The van der Waals surface area contributed by atoms with E-state index in [9.17, 15) is 4.79 Å². The summed E-state index contributed by atoms with van der Waals surface area (Å²) in [5.41, 5.74) is 0.0459. The van der Waals surface area contributed by atoms with E-state index in [-0.39, 0.29) is 17.6 Å². The fourth-order valence-electron chi connectivity index (χ4n) is 3.81. The van der Waals surface area contributed by atoms with Crippen LogP contribution in [-0.2, 0) is 14.3 Å². The second-order valence-electron chi connectivity index (χ2n) is 6.30. The lowest BCUT2D eigenvalue weighted by molar-refractivity contribution is -0.139. The third kappa shape index (κ3) is 3.18. The van der Waals surface area contributed by atoms with Gasteiger partial charge in [0.05, 0.1) is 18.3 Å². The van der Waals surface area contributed by atoms with Crippen LogP contribution in [0.5, 0.6) is 0 Å². The molecule has 1 saturated carbocycles. The smallest absolute Gasteiger partial charge is 0.138 e. The minimum absolute atomic E-state index is 0.0459. The number of rotatable bonds is 3. The van der Waals surface area contributed by atoms with E-state index in [1.807, 2.05) is 0 Å². The molecule has 4 nitrogen and oxygen atoms in total. The summed E-state index contributed by atoms with van der Waals surface area (Å²) >= 11 is 0. The van der Waals surface area contributed by atoms with Crippen LogP contribution >= 0.6 is 0 Å². The van der Waals surface area contributed by atoms with Crippen LogP contribution in [0, 0.1) is 5.92 Å². The van der Waals surface area contributed by atoms with Crippen molar-refractivity contribution in [1.29, 1.82) is 0 Å². The third-order valence-corrected chi connectivity index (χ3v) is 4.90. The largest absolute Gasteiger partial charge is 0.375 e. The van der Waals surface area contributed by atoms with E-state index in [4.69, 9.17) is 9.47 Å². The number of carbonyl (C=O) groups excluding carboxylic acids is 1. The fraction of sp³-hybridized carbons (Fsp3) is 0.933. The summed E-state index contributed by atoms with van der Waals surface area (Å²) in [6, 6.07) is 0. The summed E-state index contributed by atoms with van der Waals surface area (Å²) in [6.45, 7) is 3.22. The van der Waals surface area contributed by atoms with Crippen molar-refractivity contribution in [3.05, 3.63) is 0 Å². The van der Waals surface area contributed by atoms with Gasteiger partial charge in [0.1, 0.15) is 5.78 Å². The number of ketones is 1. The Labute approximate surface area is 115 Å². The first-order valence-corrected chi connectivity index (χ1v) is 7.76. The van der Waals surface area contributed by atoms with Crippen molar-refractivity contribution in [1.82, 2.24) is 5.32 Å². The van der Waals surface area contributed by atoms with Crippen molar-refractivity contribution in [2.24, 2.45) is 5.92 Å². The zero-order valence-corrected chi connectivity index (χ0v) is 11.7. The lowest BCUT2D eigenvalue weighted by atomic mass is 9.81. The van der Waals surface area contributed by atoms with E-state index in [2.05, 4.69) is 5.32 Å². The van der Waals surface area contributed by atoms with E-state index in [0.717, 1.165) is 52.0 Å².